The molecule has 0 saturated carbocycles. The van der Waals surface area contributed by atoms with Gasteiger partial charge in [0.2, 0.25) is 0 Å². The van der Waals surface area contributed by atoms with Crippen LogP contribution in [0.3, 0.4) is 0 Å². The first-order chi connectivity index (χ1) is 14.5. The summed E-state index contributed by atoms with van der Waals surface area (Å²) in [6.45, 7) is 3.83. The predicted molar refractivity (Wildman–Crippen MR) is 110 cm³/mol. The van der Waals surface area contributed by atoms with E-state index in [2.05, 4.69) is 15.4 Å². The fourth-order valence-corrected chi connectivity index (χ4v) is 2.51. The molecule has 1 unspecified atom stereocenters. The lowest BCUT2D eigenvalue weighted by Gasteiger charge is -2.22. The topological polar surface area (TPSA) is 140 Å². The summed E-state index contributed by atoms with van der Waals surface area (Å²) in [5.41, 5.74) is -2.25. The average Bonchev–Trinajstić information content (AvgIpc) is 2.68. The third-order valence-corrected chi connectivity index (χ3v) is 4.13. The molecule has 31 heavy (non-hydrogen) atoms. The number of aryl methyl sites for hydroxylation is 1. The van der Waals surface area contributed by atoms with E-state index >= 15 is 0 Å². The molecule has 2 amide bonds. The number of halogens is 1. The number of anilines is 2. The Morgan fingerprint density at radius 1 is 1.23 bits per heavy atom. The van der Waals surface area contributed by atoms with Crippen LogP contribution in [0.1, 0.15) is 19.4 Å². The van der Waals surface area contributed by atoms with Crippen LogP contribution in [0.5, 0.6) is 5.75 Å². The molecule has 0 bridgehead atoms. The van der Waals surface area contributed by atoms with E-state index < -0.39 is 34.9 Å². The molecular weight excluding hydrogens is 413 g/mol. The lowest BCUT2D eigenvalue weighted by Crippen LogP contribution is -2.45. The molecule has 2 aromatic carbocycles. The SMILES string of the molecule is CCOC(=O)Nc1ccc(OCC(C)(O)C(=O)Nc2cccc(C)c2[N+](=O)[O-])cc1F. The van der Waals surface area contributed by atoms with Crippen molar-refractivity contribution in [2.75, 3.05) is 23.8 Å². The van der Waals surface area contributed by atoms with Gasteiger partial charge in [0.25, 0.3) is 11.6 Å². The quantitative estimate of drug-likeness (QED) is 0.426. The first-order valence-electron chi connectivity index (χ1n) is 9.19. The number of carbonyl (C=O) groups is 2. The third-order valence-electron chi connectivity index (χ3n) is 4.13. The van der Waals surface area contributed by atoms with E-state index in [1.165, 1.54) is 37.3 Å². The Morgan fingerprint density at radius 2 is 1.94 bits per heavy atom. The van der Waals surface area contributed by atoms with Gasteiger partial charge < -0.3 is 19.9 Å². The molecule has 3 N–H and O–H groups in total. The van der Waals surface area contributed by atoms with Gasteiger partial charge in [-0.2, -0.15) is 0 Å². The lowest BCUT2D eigenvalue weighted by molar-refractivity contribution is -0.384. The number of amides is 2. The highest BCUT2D eigenvalue weighted by molar-refractivity contribution is 5.99. The molecular formula is C20H22FN3O7. The lowest BCUT2D eigenvalue weighted by atomic mass is 10.1. The van der Waals surface area contributed by atoms with Gasteiger partial charge in [-0.15, -0.1) is 0 Å². The summed E-state index contributed by atoms with van der Waals surface area (Å²) in [5, 5.41) is 26.2. The maximum absolute atomic E-state index is 14.1. The number of nitro benzene ring substituents is 1. The highest BCUT2D eigenvalue weighted by atomic mass is 19.1. The molecule has 0 radical (unpaired) electrons. The van der Waals surface area contributed by atoms with Crippen molar-refractivity contribution in [3.8, 4) is 5.75 Å². The number of aliphatic hydroxyl groups is 1. The van der Waals surface area contributed by atoms with Crippen LogP contribution in [0.2, 0.25) is 0 Å². The Labute approximate surface area is 177 Å². The van der Waals surface area contributed by atoms with Crippen LogP contribution < -0.4 is 15.4 Å². The number of benzene rings is 2. The van der Waals surface area contributed by atoms with E-state index in [9.17, 15) is 29.2 Å². The van der Waals surface area contributed by atoms with Crippen molar-refractivity contribution in [2.24, 2.45) is 0 Å². The fourth-order valence-electron chi connectivity index (χ4n) is 2.51. The summed E-state index contributed by atoms with van der Waals surface area (Å²) < 4.78 is 24.1. The van der Waals surface area contributed by atoms with E-state index in [0.29, 0.717) is 5.56 Å². The van der Waals surface area contributed by atoms with E-state index in [4.69, 9.17) is 4.74 Å². The maximum Gasteiger partial charge on any atom is 0.411 e. The largest absolute Gasteiger partial charge is 0.490 e. The number of para-hydroxylation sites is 1. The molecule has 1 atom stereocenters. The minimum Gasteiger partial charge on any atom is -0.490 e. The van der Waals surface area contributed by atoms with Gasteiger partial charge in [0.15, 0.2) is 11.4 Å². The Hall–Kier alpha value is -3.73. The van der Waals surface area contributed by atoms with Crippen molar-refractivity contribution in [1.29, 1.82) is 0 Å². The standard InChI is InChI=1S/C20H22FN3O7/c1-4-30-19(26)23-15-9-8-13(10-14(15)21)31-11-20(3,27)18(25)22-16-7-5-6-12(2)17(16)24(28)29/h5-10,27H,4,11H2,1-3H3,(H,22,25)(H,23,26). The summed E-state index contributed by atoms with van der Waals surface area (Å²) in [6, 6.07) is 7.89. The number of hydrogen-bond donors (Lipinski definition) is 3. The average molecular weight is 435 g/mol. The predicted octanol–water partition coefficient (Wildman–Crippen LogP) is 3.38. The van der Waals surface area contributed by atoms with Gasteiger partial charge in [-0.3, -0.25) is 20.2 Å². The van der Waals surface area contributed by atoms with Crippen molar-refractivity contribution in [1.82, 2.24) is 0 Å². The van der Waals surface area contributed by atoms with Crippen LogP contribution in [0.4, 0.5) is 26.2 Å². The molecule has 0 aliphatic heterocycles. The monoisotopic (exact) mass is 435 g/mol. The normalized spacial score (nSPS) is 12.4. The summed E-state index contributed by atoms with van der Waals surface area (Å²) >= 11 is 0. The zero-order valence-corrected chi connectivity index (χ0v) is 17.1. The van der Waals surface area contributed by atoms with Gasteiger partial charge in [0.05, 0.1) is 17.2 Å². The molecule has 10 nitrogen and oxygen atoms in total. The Balaban J connectivity index is 2.05. The number of carbonyl (C=O) groups excluding carboxylic acids is 2. The van der Waals surface area contributed by atoms with E-state index in [1.54, 1.807) is 6.92 Å². The Kier molecular flexibility index (Phi) is 7.48. The number of rotatable bonds is 8. The molecule has 0 fully saturated rings. The number of hydrogen-bond acceptors (Lipinski definition) is 7. The van der Waals surface area contributed by atoms with E-state index in [0.717, 1.165) is 13.0 Å². The van der Waals surface area contributed by atoms with Gasteiger partial charge in [-0.1, -0.05) is 12.1 Å². The van der Waals surface area contributed by atoms with Gasteiger partial charge >= 0.3 is 6.09 Å². The van der Waals surface area contributed by atoms with Gasteiger partial charge in [0.1, 0.15) is 18.0 Å². The molecule has 0 aliphatic rings. The van der Waals surface area contributed by atoms with Crippen LogP contribution in [-0.4, -0.2) is 40.8 Å². The first-order valence-corrected chi connectivity index (χ1v) is 9.19. The molecule has 2 aromatic rings. The highest BCUT2D eigenvalue weighted by Gasteiger charge is 2.33. The number of nitro groups is 1. The second kappa shape index (κ2) is 9.85. The fraction of sp³-hybridized carbons (Fsp3) is 0.300. The summed E-state index contributed by atoms with van der Waals surface area (Å²) in [7, 11) is 0. The second-order valence-electron chi connectivity index (χ2n) is 6.73. The van der Waals surface area contributed by atoms with Crippen LogP contribution in [-0.2, 0) is 9.53 Å². The van der Waals surface area contributed by atoms with Crippen molar-refractivity contribution >= 4 is 29.1 Å². The van der Waals surface area contributed by atoms with Crippen molar-refractivity contribution in [3.63, 3.8) is 0 Å². The van der Waals surface area contributed by atoms with Crippen LogP contribution in [0.15, 0.2) is 36.4 Å². The minimum atomic E-state index is -2.09. The molecule has 0 aliphatic carbocycles. The summed E-state index contributed by atoms with van der Waals surface area (Å²) in [4.78, 5) is 34.4. The molecule has 0 saturated heterocycles. The molecule has 11 heteroatoms. The van der Waals surface area contributed by atoms with Gasteiger partial charge in [-0.05, 0) is 39.0 Å². The van der Waals surface area contributed by atoms with Gasteiger partial charge in [-0.25, -0.2) is 9.18 Å². The molecule has 2 rings (SSSR count). The van der Waals surface area contributed by atoms with Gasteiger partial charge in [0, 0.05) is 11.6 Å². The Morgan fingerprint density at radius 3 is 2.55 bits per heavy atom. The first kappa shape index (κ1) is 23.5. The van der Waals surface area contributed by atoms with E-state index in [1.807, 2.05) is 0 Å². The molecule has 0 spiro atoms. The van der Waals surface area contributed by atoms with Crippen LogP contribution >= 0.6 is 0 Å². The van der Waals surface area contributed by atoms with Crippen LogP contribution in [0, 0.1) is 22.9 Å². The molecule has 0 aromatic heterocycles. The second-order valence-corrected chi connectivity index (χ2v) is 6.73. The summed E-state index contributed by atoms with van der Waals surface area (Å²) in [5.74, 6) is -1.77. The van der Waals surface area contributed by atoms with Crippen molar-refractivity contribution in [3.05, 3.63) is 57.9 Å². The third kappa shape index (κ3) is 6.12. The van der Waals surface area contributed by atoms with Crippen molar-refractivity contribution in [2.45, 2.75) is 26.4 Å². The molecule has 0 heterocycles. The van der Waals surface area contributed by atoms with Crippen molar-refractivity contribution < 1.29 is 33.5 Å². The highest BCUT2D eigenvalue weighted by Crippen LogP contribution is 2.29. The number of ether oxygens (including phenoxy) is 2. The minimum absolute atomic E-state index is 0.0125. The number of nitrogens with zero attached hydrogens (tertiary/aromatic N) is 1. The summed E-state index contributed by atoms with van der Waals surface area (Å²) in [6.07, 6.45) is -0.820. The zero-order valence-electron chi connectivity index (χ0n) is 17.1. The zero-order chi connectivity index (χ0) is 23.2. The molecule has 166 valence electrons. The Bertz CT molecular complexity index is 995. The smallest absolute Gasteiger partial charge is 0.411 e. The maximum atomic E-state index is 14.1. The number of nitrogens with one attached hydrogen (secondary N) is 2. The van der Waals surface area contributed by atoms with E-state index in [-0.39, 0.29) is 29.4 Å². The van der Waals surface area contributed by atoms with Crippen LogP contribution in [0.25, 0.3) is 0 Å².